The number of rotatable bonds is 4. The normalized spacial score (nSPS) is 10.7. The number of carbonyl (C=O) groups excluding carboxylic acids is 1. The predicted molar refractivity (Wildman–Crippen MR) is 85.6 cm³/mol. The number of hydrogen-bond acceptors (Lipinski definition) is 2. The van der Waals surface area contributed by atoms with Gasteiger partial charge in [-0.3, -0.25) is 9.78 Å². The number of fused-ring (bicyclic) bond motifs is 1. The van der Waals surface area contributed by atoms with Crippen LogP contribution in [0.25, 0.3) is 10.9 Å². The average Bonchev–Trinajstić information content (AvgIpc) is 2.55. The molecule has 0 unspecified atom stereocenters. The van der Waals surface area contributed by atoms with Crippen LogP contribution < -0.4 is 0 Å². The Morgan fingerprint density at radius 2 is 1.90 bits per heavy atom. The van der Waals surface area contributed by atoms with E-state index in [1.807, 2.05) is 49.5 Å². The fraction of sp³-hybridized carbons (Fsp3) is 0.158. The smallest absolute Gasteiger partial charge is 0.162 e. The molecule has 0 saturated heterocycles. The van der Waals surface area contributed by atoms with E-state index in [4.69, 9.17) is 0 Å². The topological polar surface area (TPSA) is 30.0 Å². The number of para-hydroxylation sites is 1. The monoisotopic (exact) mass is 275 g/mol. The first-order valence-corrected chi connectivity index (χ1v) is 7.22. The minimum Gasteiger partial charge on any atom is -0.294 e. The van der Waals surface area contributed by atoms with Crippen molar-refractivity contribution in [1.29, 1.82) is 0 Å². The van der Waals surface area contributed by atoms with Gasteiger partial charge < -0.3 is 0 Å². The summed E-state index contributed by atoms with van der Waals surface area (Å²) in [5.41, 5.74) is 4.21. The lowest BCUT2D eigenvalue weighted by atomic mass is 9.98. The first-order chi connectivity index (χ1) is 10.3. The molecule has 0 radical (unpaired) electrons. The van der Waals surface area contributed by atoms with Gasteiger partial charge in [-0.1, -0.05) is 43.3 Å². The van der Waals surface area contributed by atoms with Crippen LogP contribution in [0.3, 0.4) is 0 Å². The van der Waals surface area contributed by atoms with Gasteiger partial charge in [0.25, 0.3) is 0 Å². The number of pyridine rings is 1. The molecule has 1 heterocycles. The molecule has 0 amide bonds. The Kier molecular flexibility index (Phi) is 3.78. The summed E-state index contributed by atoms with van der Waals surface area (Å²) in [7, 11) is 0. The maximum atomic E-state index is 11.8. The van der Waals surface area contributed by atoms with Crippen molar-refractivity contribution in [3.05, 3.63) is 77.5 Å². The van der Waals surface area contributed by atoms with E-state index < -0.39 is 0 Å². The van der Waals surface area contributed by atoms with E-state index >= 15 is 0 Å². The molecule has 2 nitrogen and oxygen atoms in total. The molecular formula is C19H17NO. The second-order valence-corrected chi connectivity index (χ2v) is 5.14. The van der Waals surface area contributed by atoms with Crippen LogP contribution >= 0.6 is 0 Å². The fourth-order valence-electron chi connectivity index (χ4n) is 2.59. The van der Waals surface area contributed by atoms with Gasteiger partial charge in [0.1, 0.15) is 0 Å². The van der Waals surface area contributed by atoms with Gasteiger partial charge >= 0.3 is 0 Å². The van der Waals surface area contributed by atoms with Crippen LogP contribution in [-0.2, 0) is 6.42 Å². The maximum absolute atomic E-state index is 11.8. The van der Waals surface area contributed by atoms with Crippen LogP contribution in [0.5, 0.6) is 0 Å². The quantitative estimate of drug-likeness (QED) is 0.660. The molecule has 0 bridgehead atoms. The van der Waals surface area contributed by atoms with E-state index in [0.29, 0.717) is 6.42 Å². The number of ketones is 1. The molecule has 2 heteroatoms. The van der Waals surface area contributed by atoms with Crippen LogP contribution in [0.15, 0.2) is 60.8 Å². The van der Waals surface area contributed by atoms with Gasteiger partial charge in [-0.05, 0) is 35.7 Å². The molecule has 0 spiro atoms. The van der Waals surface area contributed by atoms with E-state index in [-0.39, 0.29) is 5.78 Å². The summed E-state index contributed by atoms with van der Waals surface area (Å²) in [4.78, 5) is 16.2. The van der Waals surface area contributed by atoms with Crippen molar-refractivity contribution in [3.63, 3.8) is 0 Å². The highest BCUT2D eigenvalue weighted by Crippen LogP contribution is 2.20. The van der Waals surface area contributed by atoms with Gasteiger partial charge in [0.2, 0.25) is 0 Å². The van der Waals surface area contributed by atoms with Crippen LogP contribution in [0.4, 0.5) is 0 Å². The Hall–Kier alpha value is -2.48. The first-order valence-electron chi connectivity index (χ1n) is 7.22. The number of nitrogens with zero attached hydrogens (tertiary/aromatic N) is 1. The summed E-state index contributed by atoms with van der Waals surface area (Å²) in [6, 6.07) is 18.1. The largest absolute Gasteiger partial charge is 0.294 e. The zero-order valence-corrected chi connectivity index (χ0v) is 12.0. The molecule has 0 atom stereocenters. The summed E-state index contributed by atoms with van der Waals surface area (Å²) in [5, 5.41) is 1.17. The van der Waals surface area contributed by atoms with Crippen LogP contribution in [0.1, 0.15) is 34.8 Å². The third kappa shape index (κ3) is 2.84. The highest BCUT2D eigenvalue weighted by molar-refractivity contribution is 5.96. The molecule has 0 aliphatic carbocycles. The second-order valence-electron chi connectivity index (χ2n) is 5.14. The van der Waals surface area contributed by atoms with E-state index in [1.165, 1.54) is 10.9 Å². The van der Waals surface area contributed by atoms with E-state index in [2.05, 4.69) is 23.2 Å². The van der Waals surface area contributed by atoms with Crippen molar-refractivity contribution in [2.75, 3.05) is 0 Å². The molecule has 3 rings (SSSR count). The zero-order valence-electron chi connectivity index (χ0n) is 12.0. The van der Waals surface area contributed by atoms with Gasteiger partial charge in [-0.15, -0.1) is 0 Å². The van der Waals surface area contributed by atoms with Gasteiger partial charge in [0.05, 0.1) is 5.52 Å². The summed E-state index contributed by atoms with van der Waals surface area (Å²) >= 11 is 0. The molecule has 0 fully saturated rings. The predicted octanol–water partition coefficient (Wildman–Crippen LogP) is 4.42. The maximum Gasteiger partial charge on any atom is 0.162 e. The minimum atomic E-state index is 0.191. The molecule has 0 aliphatic rings. The molecule has 0 saturated carbocycles. The summed E-state index contributed by atoms with van der Waals surface area (Å²) < 4.78 is 0. The number of benzene rings is 2. The second kappa shape index (κ2) is 5.88. The number of aromatic nitrogens is 1. The van der Waals surface area contributed by atoms with Crippen LogP contribution in [0, 0.1) is 0 Å². The van der Waals surface area contributed by atoms with Gasteiger partial charge in [-0.2, -0.15) is 0 Å². The molecule has 104 valence electrons. The Morgan fingerprint density at radius 3 is 2.76 bits per heavy atom. The summed E-state index contributed by atoms with van der Waals surface area (Å²) in [6.45, 7) is 1.89. The minimum absolute atomic E-state index is 0.191. The number of Topliss-reactive ketones (excluding diaryl/α,β-unsaturated/α-hetero) is 1. The molecule has 0 aliphatic heterocycles. The summed E-state index contributed by atoms with van der Waals surface area (Å²) in [5.74, 6) is 0.191. The van der Waals surface area contributed by atoms with Crippen molar-refractivity contribution >= 4 is 16.7 Å². The third-order valence-electron chi connectivity index (χ3n) is 3.70. The summed E-state index contributed by atoms with van der Waals surface area (Å²) in [6.07, 6.45) is 3.20. The first kappa shape index (κ1) is 13.5. The SMILES string of the molecule is CCC(=O)c1cccc(Cc2ccnc3ccccc23)c1. The molecule has 2 aromatic carbocycles. The Bertz CT molecular complexity index is 787. The van der Waals surface area contributed by atoms with Gasteiger partial charge in [-0.25, -0.2) is 0 Å². The highest BCUT2D eigenvalue weighted by Gasteiger charge is 2.06. The molecule has 1 aromatic heterocycles. The van der Waals surface area contributed by atoms with E-state index in [1.54, 1.807) is 0 Å². The average molecular weight is 275 g/mol. The van der Waals surface area contributed by atoms with Crippen molar-refractivity contribution in [1.82, 2.24) is 4.98 Å². The Morgan fingerprint density at radius 1 is 1.05 bits per heavy atom. The van der Waals surface area contributed by atoms with Crippen LogP contribution in [-0.4, -0.2) is 10.8 Å². The van der Waals surface area contributed by atoms with Crippen molar-refractivity contribution < 1.29 is 4.79 Å². The van der Waals surface area contributed by atoms with Crippen molar-refractivity contribution in [3.8, 4) is 0 Å². The van der Waals surface area contributed by atoms with Crippen LogP contribution in [0.2, 0.25) is 0 Å². The third-order valence-corrected chi connectivity index (χ3v) is 3.70. The molecule has 21 heavy (non-hydrogen) atoms. The van der Waals surface area contributed by atoms with E-state index in [9.17, 15) is 4.79 Å². The molecule has 3 aromatic rings. The Balaban J connectivity index is 1.97. The number of hydrogen-bond donors (Lipinski definition) is 0. The molecular weight excluding hydrogens is 258 g/mol. The standard InChI is InChI=1S/C19H17NO/c1-2-19(21)16-7-5-6-14(13-16)12-15-10-11-20-18-9-4-3-8-17(15)18/h3-11,13H,2,12H2,1H3. The van der Waals surface area contributed by atoms with Crippen molar-refractivity contribution in [2.24, 2.45) is 0 Å². The zero-order chi connectivity index (χ0) is 14.7. The van der Waals surface area contributed by atoms with Crippen molar-refractivity contribution in [2.45, 2.75) is 19.8 Å². The highest BCUT2D eigenvalue weighted by atomic mass is 16.1. The lowest BCUT2D eigenvalue weighted by molar-refractivity contribution is 0.0988. The lowest BCUT2D eigenvalue weighted by Crippen LogP contribution is -1.98. The Labute approximate surface area is 124 Å². The fourth-order valence-corrected chi connectivity index (χ4v) is 2.59. The van der Waals surface area contributed by atoms with Gasteiger partial charge in [0, 0.05) is 23.6 Å². The van der Waals surface area contributed by atoms with Gasteiger partial charge in [0.15, 0.2) is 5.78 Å². The van der Waals surface area contributed by atoms with E-state index in [0.717, 1.165) is 23.1 Å². The number of carbonyl (C=O) groups is 1. The lowest BCUT2D eigenvalue weighted by Gasteiger charge is -2.07. The molecule has 0 N–H and O–H groups in total.